The number of hydrogen-bond acceptors (Lipinski definition) is 6. The molecule has 7 nitrogen and oxygen atoms in total. The van der Waals surface area contributed by atoms with Crippen molar-refractivity contribution in [2.45, 2.75) is 31.8 Å². The van der Waals surface area contributed by atoms with E-state index >= 15 is 0 Å². The van der Waals surface area contributed by atoms with Crippen LogP contribution in [-0.2, 0) is 11.2 Å². The second-order valence-electron chi connectivity index (χ2n) is 7.32. The Labute approximate surface area is 169 Å². The van der Waals surface area contributed by atoms with Crippen molar-refractivity contribution in [2.75, 3.05) is 13.1 Å². The van der Waals surface area contributed by atoms with Crippen LogP contribution in [0.25, 0.3) is 11.4 Å². The van der Waals surface area contributed by atoms with Crippen LogP contribution >= 0.6 is 0 Å². The highest BCUT2D eigenvalue weighted by molar-refractivity contribution is 5.76. The highest BCUT2D eigenvalue weighted by atomic mass is 16.5. The number of likely N-dealkylation sites (tertiary alicyclic amines) is 1. The largest absolute Gasteiger partial charge is 0.388 e. The number of aryl methyl sites for hydroxylation is 1. The molecular weight excluding hydrogens is 368 g/mol. The fraction of sp³-hybridized carbons (Fsp3) is 0.364. The number of pyridine rings is 1. The monoisotopic (exact) mass is 392 g/mol. The third-order valence-corrected chi connectivity index (χ3v) is 5.44. The lowest BCUT2D eigenvalue weighted by atomic mass is 9.87. The summed E-state index contributed by atoms with van der Waals surface area (Å²) in [6.45, 7) is 1.33. The molecule has 0 radical (unpaired) electrons. The standard InChI is InChI=1S/C22H24N4O3/c27-20(7-6-19-24-22(25-29-19)18-8-12-23-13-9-18)26-14-10-17(11-15-26)21(28)16-4-2-1-3-5-16/h1-5,8-9,12-13,17,21,28H,6-7,10-11,14-15H2. The number of nitrogens with zero attached hydrogens (tertiary/aromatic N) is 4. The van der Waals surface area contributed by atoms with Crippen LogP contribution in [0.5, 0.6) is 0 Å². The molecule has 2 aromatic heterocycles. The molecule has 1 atom stereocenters. The first kappa shape index (κ1) is 19.3. The van der Waals surface area contributed by atoms with Crippen molar-refractivity contribution in [1.29, 1.82) is 0 Å². The number of hydrogen-bond donors (Lipinski definition) is 1. The smallest absolute Gasteiger partial charge is 0.227 e. The summed E-state index contributed by atoms with van der Waals surface area (Å²) in [6.07, 6.45) is 5.23. The van der Waals surface area contributed by atoms with Crippen molar-refractivity contribution >= 4 is 5.91 Å². The Morgan fingerprint density at radius 2 is 1.86 bits per heavy atom. The molecule has 1 amide bonds. The van der Waals surface area contributed by atoms with Gasteiger partial charge >= 0.3 is 0 Å². The van der Waals surface area contributed by atoms with Crippen LogP contribution in [0.15, 0.2) is 59.4 Å². The van der Waals surface area contributed by atoms with Gasteiger partial charge in [-0.15, -0.1) is 0 Å². The van der Waals surface area contributed by atoms with Crippen molar-refractivity contribution in [3.63, 3.8) is 0 Å². The molecule has 1 N–H and O–H groups in total. The van der Waals surface area contributed by atoms with Gasteiger partial charge in [-0.2, -0.15) is 4.98 Å². The summed E-state index contributed by atoms with van der Waals surface area (Å²) in [5.74, 6) is 1.23. The zero-order valence-electron chi connectivity index (χ0n) is 16.1. The lowest BCUT2D eigenvalue weighted by molar-refractivity contribution is -0.133. The van der Waals surface area contributed by atoms with Crippen molar-refractivity contribution in [1.82, 2.24) is 20.0 Å². The van der Waals surface area contributed by atoms with Crippen molar-refractivity contribution in [3.05, 3.63) is 66.3 Å². The number of aliphatic hydroxyl groups is 1. The molecule has 3 heterocycles. The zero-order valence-corrected chi connectivity index (χ0v) is 16.1. The maximum Gasteiger partial charge on any atom is 0.227 e. The minimum absolute atomic E-state index is 0.0845. The van der Waals surface area contributed by atoms with Crippen molar-refractivity contribution in [2.24, 2.45) is 5.92 Å². The van der Waals surface area contributed by atoms with Gasteiger partial charge in [-0.3, -0.25) is 9.78 Å². The Hall–Kier alpha value is -3.06. The Balaban J connectivity index is 1.26. The fourth-order valence-electron chi connectivity index (χ4n) is 3.73. The van der Waals surface area contributed by atoms with E-state index < -0.39 is 6.10 Å². The van der Waals surface area contributed by atoms with Crippen LogP contribution < -0.4 is 0 Å². The average molecular weight is 392 g/mol. The Morgan fingerprint density at radius 1 is 1.14 bits per heavy atom. The Morgan fingerprint density at radius 3 is 2.59 bits per heavy atom. The number of rotatable bonds is 6. The van der Waals surface area contributed by atoms with E-state index in [0.29, 0.717) is 37.6 Å². The van der Waals surface area contributed by atoms with Gasteiger partial charge in [0.15, 0.2) is 0 Å². The molecule has 1 aliphatic rings. The number of aromatic nitrogens is 3. The molecular formula is C22H24N4O3. The van der Waals surface area contributed by atoms with Crippen LogP contribution in [0.1, 0.15) is 36.8 Å². The van der Waals surface area contributed by atoms with E-state index in [-0.39, 0.29) is 11.8 Å². The molecule has 150 valence electrons. The molecule has 1 saturated heterocycles. The number of carbonyl (C=O) groups is 1. The van der Waals surface area contributed by atoms with Crippen LogP contribution in [0, 0.1) is 5.92 Å². The third kappa shape index (κ3) is 4.68. The van der Waals surface area contributed by atoms with E-state index in [1.807, 2.05) is 47.4 Å². The van der Waals surface area contributed by atoms with Gasteiger partial charge in [-0.1, -0.05) is 35.5 Å². The Bertz CT molecular complexity index is 922. The molecule has 1 aromatic carbocycles. The number of carbonyl (C=O) groups excluding carboxylic acids is 1. The highest BCUT2D eigenvalue weighted by Crippen LogP contribution is 2.30. The van der Waals surface area contributed by atoms with Gasteiger partial charge in [-0.25, -0.2) is 0 Å². The minimum atomic E-state index is -0.474. The van der Waals surface area contributed by atoms with Crippen LogP contribution in [0.4, 0.5) is 0 Å². The van der Waals surface area contributed by atoms with Gasteiger partial charge in [0, 0.05) is 43.9 Å². The van der Waals surface area contributed by atoms with Crippen LogP contribution in [-0.4, -0.2) is 44.1 Å². The number of amides is 1. The van der Waals surface area contributed by atoms with Gasteiger partial charge in [-0.05, 0) is 36.5 Å². The van der Waals surface area contributed by atoms with E-state index in [4.69, 9.17) is 4.52 Å². The average Bonchev–Trinajstić information content (AvgIpc) is 3.27. The van der Waals surface area contributed by atoms with E-state index in [9.17, 15) is 9.90 Å². The summed E-state index contributed by atoms with van der Waals surface area (Å²) in [4.78, 5) is 22.8. The van der Waals surface area contributed by atoms with E-state index in [0.717, 1.165) is 24.0 Å². The molecule has 1 fully saturated rings. The lowest BCUT2D eigenvalue weighted by Gasteiger charge is -2.34. The first-order valence-corrected chi connectivity index (χ1v) is 9.94. The molecule has 29 heavy (non-hydrogen) atoms. The molecule has 0 saturated carbocycles. The molecule has 1 unspecified atom stereocenters. The topological polar surface area (TPSA) is 92.3 Å². The van der Waals surface area contributed by atoms with E-state index in [2.05, 4.69) is 15.1 Å². The summed E-state index contributed by atoms with van der Waals surface area (Å²) in [7, 11) is 0. The molecule has 0 bridgehead atoms. The summed E-state index contributed by atoms with van der Waals surface area (Å²) in [6, 6.07) is 13.4. The summed E-state index contributed by atoms with van der Waals surface area (Å²) >= 11 is 0. The number of benzene rings is 1. The summed E-state index contributed by atoms with van der Waals surface area (Å²) in [5, 5.41) is 14.6. The first-order valence-electron chi connectivity index (χ1n) is 9.94. The maximum absolute atomic E-state index is 12.6. The van der Waals surface area contributed by atoms with Crippen molar-refractivity contribution < 1.29 is 14.4 Å². The maximum atomic E-state index is 12.6. The van der Waals surface area contributed by atoms with Gasteiger partial charge in [0.1, 0.15) is 0 Å². The molecule has 4 rings (SSSR count). The fourth-order valence-corrected chi connectivity index (χ4v) is 3.73. The number of aliphatic hydroxyl groups excluding tert-OH is 1. The quantitative estimate of drug-likeness (QED) is 0.693. The van der Waals surface area contributed by atoms with Crippen LogP contribution in [0.2, 0.25) is 0 Å². The molecule has 0 spiro atoms. The molecule has 1 aliphatic heterocycles. The van der Waals surface area contributed by atoms with E-state index in [1.165, 1.54) is 0 Å². The van der Waals surface area contributed by atoms with E-state index in [1.54, 1.807) is 12.4 Å². The van der Waals surface area contributed by atoms with Gasteiger partial charge < -0.3 is 14.5 Å². The third-order valence-electron chi connectivity index (χ3n) is 5.44. The molecule has 7 heteroatoms. The SMILES string of the molecule is O=C(CCc1nc(-c2ccncc2)no1)N1CCC(C(O)c2ccccc2)CC1. The second kappa shape index (κ2) is 8.96. The van der Waals surface area contributed by atoms with Gasteiger partial charge in [0.05, 0.1) is 6.10 Å². The summed E-state index contributed by atoms with van der Waals surface area (Å²) in [5.41, 5.74) is 1.78. The van der Waals surface area contributed by atoms with Gasteiger partial charge in [0.2, 0.25) is 17.6 Å². The highest BCUT2D eigenvalue weighted by Gasteiger charge is 2.28. The van der Waals surface area contributed by atoms with Gasteiger partial charge in [0.25, 0.3) is 0 Å². The lowest BCUT2D eigenvalue weighted by Crippen LogP contribution is -2.39. The van der Waals surface area contributed by atoms with Crippen LogP contribution in [0.3, 0.4) is 0 Å². The summed E-state index contributed by atoms with van der Waals surface area (Å²) < 4.78 is 5.27. The zero-order chi connectivity index (χ0) is 20.1. The predicted molar refractivity (Wildman–Crippen MR) is 107 cm³/mol. The normalized spacial score (nSPS) is 16.0. The second-order valence-corrected chi connectivity index (χ2v) is 7.32. The Kier molecular flexibility index (Phi) is 5.95. The first-order chi connectivity index (χ1) is 14.2. The molecule has 3 aromatic rings. The van der Waals surface area contributed by atoms with Crippen molar-refractivity contribution in [3.8, 4) is 11.4 Å². The minimum Gasteiger partial charge on any atom is -0.388 e. The predicted octanol–water partition coefficient (Wildman–Crippen LogP) is 3.04. The number of piperidine rings is 1. The molecule has 0 aliphatic carbocycles.